The molecule has 0 saturated heterocycles. The summed E-state index contributed by atoms with van der Waals surface area (Å²) in [6, 6.07) is 9.69. The molecule has 1 aliphatic carbocycles. The summed E-state index contributed by atoms with van der Waals surface area (Å²) in [5, 5.41) is 22.2. The van der Waals surface area contributed by atoms with E-state index >= 15 is 0 Å². The van der Waals surface area contributed by atoms with Crippen molar-refractivity contribution in [3.63, 3.8) is 0 Å². The highest BCUT2D eigenvalue weighted by molar-refractivity contribution is 5.84. The van der Waals surface area contributed by atoms with Crippen molar-refractivity contribution in [3.05, 3.63) is 35.9 Å². The van der Waals surface area contributed by atoms with Gasteiger partial charge in [-0.1, -0.05) is 43.2 Å². The topological polar surface area (TPSA) is 113 Å². The number of hydrogen-bond acceptors (Lipinski definition) is 5. The monoisotopic (exact) mass is 405 g/mol. The number of carbonyl (C=O) groups is 3. The molecule has 1 aromatic carbocycles. The van der Waals surface area contributed by atoms with E-state index < -0.39 is 29.4 Å². The Balaban J connectivity index is 2.00. The van der Waals surface area contributed by atoms with Crippen molar-refractivity contribution in [1.82, 2.24) is 5.32 Å². The van der Waals surface area contributed by atoms with E-state index in [0.717, 1.165) is 18.4 Å². The Morgan fingerprint density at radius 2 is 1.83 bits per heavy atom. The highest BCUT2D eigenvalue weighted by atomic mass is 16.5. The van der Waals surface area contributed by atoms with E-state index in [-0.39, 0.29) is 25.5 Å². The maximum absolute atomic E-state index is 12.9. The second-order valence-electron chi connectivity index (χ2n) is 7.73. The fraction of sp³-hybridized carbons (Fsp3) is 0.591. The molecule has 7 nitrogen and oxygen atoms in total. The van der Waals surface area contributed by atoms with Gasteiger partial charge in [-0.25, -0.2) is 4.79 Å². The third kappa shape index (κ3) is 6.56. The van der Waals surface area contributed by atoms with Crippen molar-refractivity contribution in [2.45, 2.75) is 58.0 Å². The zero-order valence-corrected chi connectivity index (χ0v) is 16.9. The van der Waals surface area contributed by atoms with Crippen LogP contribution in [0, 0.1) is 11.3 Å². The van der Waals surface area contributed by atoms with E-state index in [1.165, 1.54) is 0 Å². The third-order valence-electron chi connectivity index (χ3n) is 5.67. The minimum absolute atomic E-state index is 0.148. The lowest BCUT2D eigenvalue weighted by Crippen LogP contribution is -2.45. The van der Waals surface area contributed by atoms with Crippen LogP contribution in [0.25, 0.3) is 0 Å². The molecule has 1 aliphatic rings. The Hall–Kier alpha value is -2.41. The first kappa shape index (κ1) is 22.9. The van der Waals surface area contributed by atoms with Gasteiger partial charge in [0.05, 0.1) is 19.1 Å². The molecule has 0 heterocycles. The van der Waals surface area contributed by atoms with Gasteiger partial charge in [0, 0.05) is 5.41 Å². The molecule has 0 aliphatic heterocycles. The van der Waals surface area contributed by atoms with Crippen molar-refractivity contribution >= 4 is 17.8 Å². The van der Waals surface area contributed by atoms with Gasteiger partial charge in [-0.2, -0.15) is 0 Å². The number of rotatable bonds is 11. The van der Waals surface area contributed by atoms with Gasteiger partial charge in [0.2, 0.25) is 5.91 Å². The van der Waals surface area contributed by atoms with Gasteiger partial charge in [-0.3, -0.25) is 9.59 Å². The van der Waals surface area contributed by atoms with Crippen LogP contribution in [0.2, 0.25) is 0 Å². The smallest absolute Gasteiger partial charge is 0.336 e. The van der Waals surface area contributed by atoms with Crippen LogP contribution < -0.4 is 5.32 Å². The quantitative estimate of drug-likeness (QED) is 0.487. The number of nitrogens with one attached hydrogen (secondary N) is 1. The van der Waals surface area contributed by atoms with Crippen LogP contribution in [0.1, 0.15) is 51.0 Å². The molecule has 3 N–H and O–H groups in total. The Morgan fingerprint density at radius 3 is 2.41 bits per heavy atom. The fourth-order valence-corrected chi connectivity index (χ4v) is 4.04. The molecule has 0 spiro atoms. The van der Waals surface area contributed by atoms with E-state index in [1.54, 1.807) is 6.92 Å². The molecule has 2 atom stereocenters. The number of aliphatic carboxylic acids is 1. The van der Waals surface area contributed by atoms with E-state index in [0.29, 0.717) is 25.7 Å². The van der Waals surface area contributed by atoms with Crippen LogP contribution in [0.5, 0.6) is 0 Å². The molecule has 7 heteroatoms. The zero-order chi connectivity index (χ0) is 21.3. The van der Waals surface area contributed by atoms with Gasteiger partial charge >= 0.3 is 11.9 Å². The highest BCUT2D eigenvalue weighted by Crippen LogP contribution is 2.44. The van der Waals surface area contributed by atoms with Gasteiger partial charge in [0.15, 0.2) is 6.10 Å². The molecule has 1 aromatic rings. The zero-order valence-electron chi connectivity index (χ0n) is 16.9. The van der Waals surface area contributed by atoms with Crippen LogP contribution in [0.15, 0.2) is 30.3 Å². The molecular weight excluding hydrogens is 374 g/mol. The average Bonchev–Trinajstić information content (AvgIpc) is 3.19. The summed E-state index contributed by atoms with van der Waals surface area (Å²) < 4.78 is 4.74. The number of aryl methyl sites for hydroxylation is 1. The van der Waals surface area contributed by atoms with Crippen LogP contribution in [-0.2, 0) is 25.5 Å². The van der Waals surface area contributed by atoms with Crippen LogP contribution in [-0.4, -0.2) is 47.3 Å². The molecule has 1 amide bonds. The van der Waals surface area contributed by atoms with E-state index in [9.17, 15) is 24.6 Å². The number of aliphatic hydroxyl groups is 1. The molecule has 1 fully saturated rings. The Morgan fingerprint density at radius 1 is 1.17 bits per heavy atom. The molecule has 0 radical (unpaired) electrons. The van der Waals surface area contributed by atoms with E-state index in [1.807, 2.05) is 30.3 Å². The van der Waals surface area contributed by atoms with Crippen LogP contribution in [0.4, 0.5) is 0 Å². The number of hydrogen-bond donors (Lipinski definition) is 3. The highest BCUT2D eigenvalue weighted by Gasteiger charge is 2.44. The lowest BCUT2D eigenvalue weighted by molar-refractivity contribution is -0.153. The molecule has 0 bridgehead atoms. The summed E-state index contributed by atoms with van der Waals surface area (Å²) >= 11 is 0. The van der Waals surface area contributed by atoms with Gasteiger partial charge in [-0.05, 0) is 44.6 Å². The molecule has 29 heavy (non-hydrogen) atoms. The van der Waals surface area contributed by atoms with E-state index in [2.05, 4.69) is 5.32 Å². The Kier molecular flexibility index (Phi) is 8.64. The first-order valence-electron chi connectivity index (χ1n) is 10.3. The fourth-order valence-electron chi connectivity index (χ4n) is 4.04. The lowest BCUT2D eigenvalue weighted by Gasteiger charge is -2.31. The number of carbonyl (C=O) groups excluding carboxylic acids is 2. The normalized spacial score (nSPS) is 17.3. The van der Waals surface area contributed by atoms with Crippen molar-refractivity contribution in [1.29, 1.82) is 0 Å². The molecule has 160 valence electrons. The second-order valence-corrected chi connectivity index (χ2v) is 7.73. The minimum atomic E-state index is -1.43. The largest absolute Gasteiger partial charge is 0.481 e. The molecule has 0 aromatic heterocycles. The van der Waals surface area contributed by atoms with Crippen molar-refractivity contribution in [2.24, 2.45) is 11.3 Å². The van der Waals surface area contributed by atoms with Crippen LogP contribution in [0.3, 0.4) is 0 Å². The summed E-state index contributed by atoms with van der Waals surface area (Å²) in [5.74, 6) is -2.59. The predicted molar refractivity (Wildman–Crippen MR) is 107 cm³/mol. The van der Waals surface area contributed by atoms with E-state index in [4.69, 9.17) is 4.74 Å². The number of esters is 1. The molecule has 1 unspecified atom stereocenters. The first-order chi connectivity index (χ1) is 13.9. The molecular formula is C22H31NO6. The number of ether oxygens (including phenoxy) is 1. The van der Waals surface area contributed by atoms with Gasteiger partial charge in [0.1, 0.15) is 0 Å². The maximum Gasteiger partial charge on any atom is 0.336 e. The summed E-state index contributed by atoms with van der Waals surface area (Å²) in [6.45, 7) is 1.55. The van der Waals surface area contributed by atoms with Crippen molar-refractivity contribution < 1.29 is 29.3 Å². The average molecular weight is 405 g/mol. The number of amides is 1. The molecule has 1 saturated carbocycles. The number of carboxylic acid groups (broad SMARTS) is 1. The summed E-state index contributed by atoms with van der Waals surface area (Å²) in [6.07, 6.45) is 2.88. The number of carboxylic acids is 1. The predicted octanol–water partition coefficient (Wildman–Crippen LogP) is 2.31. The standard InChI is InChI=1S/C22H31NO6/c1-2-29-20(27)18(24)15-23-21(28)22(12-6-7-13-22)14-17(19(25)26)11-10-16-8-4-3-5-9-16/h3-5,8-9,17-18,24H,2,6-7,10-15H2,1H3,(H,23,28)(H,25,26)/t17?,18-/m0/s1. The van der Waals surface area contributed by atoms with Crippen molar-refractivity contribution in [2.75, 3.05) is 13.2 Å². The van der Waals surface area contributed by atoms with Crippen LogP contribution >= 0.6 is 0 Å². The SMILES string of the molecule is CCOC(=O)[C@@H](O)CNC(=O)C1(CC(CCc2ccccc2)C(=O)O)CCCC1. The van der Waals surface area contributed by atoms with Gasteiger partial charge < -0.3 is 20.3 Å². The van der Waals surface area contributed by atoms with Crippen molar-refractivity contribution in [3.8, 4) is 0 Å². The van der Waals surface area contributed by atoms with Gasteiger partial charge in [-0.15, -0.1) is 0 Å². The molecule has 2 rings (SSSR count). The van der Waals surface area contributed by atoms with Gasteiger partial charge in [0.25, 0.3) is 0 Å². The number of aliphatic hydroxyl groups excluding tert-OH is 1. The first-order valence-corrected chi connectivity index (χ1v) is 10.3. The Labute approximate surface area is 171 Å². The second kappa shape index (κ2) is 11.0. The number of benzene rings is 1. The summed E-state index contributed by atoms with van der Waals surface area (Å²) in [7, 11) is 0. The Bertz CT molecular complexity index is 684. The maximum atomic E-state index is 12.9. The lowest BCUT2D eigenvalue weighted by atomic mass is 9.75. The summed E-state index contributed by atoms with van der Waals surface area (Å²) in [5.41, 5.74) is 0.301. The minimum Gasteiger partial charge on any atom is -0.481 e. The third-order valence-corrected chi connectivity index (χ3v) is 5.67. The summed E-state index contributed by atoms with van der Waals surface area (Å²) in [4.78, 5) is 36.3.